The van der Waals surface area contributed by atoms with Crippen LogP contribution in [0.25, 0.3) is 10.9 Å². The number of Topliss-reactive ketones (excluding diaryl/α,β-unsaturated/α-hetero) is 1. The summed E-state index contributed by atoms with van der Waals surface area (Å²) in [4.78, 5) is 34.8. The molecule has 27 heavy (non-hydrogen) atoms. The third kappa shape index (κ3) is 3.57. The fraction of sp³-hybridized carbons (Fsp3) is 0.0476. The number of benzene rings is 2. The van der Waals surface area contributed by atoms with Crippen LogP contribution in [-0.4, -0.2) is 20.7 Å². The average molecular weight is 420 g/mol. The van der Waals surface area contributed by atoms with Gasteiger partial charge in [0.05, 0.1) is 17.3 Å². The predicted octanol–water partition coefficient (Wildman–Crippen LogP) is 3.79. The minimum absolute atomic E-state index is 0.0596. The Hall–Kier alpha value is -3.12. The number of hydrogen-bond donors (Lipinski definition) is 1. The average Bonchev–Trinajstić information content (AvgIpc) is 2.67. The summed E-state index contributed by atoms with van der Waals surface area (Å²) in [6.07, 6.45) is 3.18. The van der Waals surface area contributed by atoms with Gasteiger partial charge in [-0.05, 0) is 40.8 Å². The topological polar surface area (TPSA) is 75.7 Å². The fourth-order valence-corrected chi connectivity index (χ4v) is 3.36. The van der Waals surface area contributed by atoms with E-state index < -0.39 is 0 Å². The number of carbonyl (C=O) groups is 1. The van der Waals surface area contributed by atoms with E-state index >= 15 is 0 Å². The second kappa shape index (κ2) is 7.25. The first-order valence-corrected chi connectivity index (χ1v) is 9.12. The van der Waals surface area contributed by atoms with E-state index in [9.17, 15) is 9.59 Å². The van der Waals surface area contributed by atoms with Crippen LogP contribution in [0.4, 0.5) is 0 Å². The normalized spacial score (nSPS) is 10.9. The summed E-state index contributed by atoms with van der Waals surface area (Å²) in [5.41, 5.74) is 0.915. The van der Waals surface area contributed by atoms with E-state index in [2.05, 4.69) is 49.1 Å². The summed E-state index contributed by atoms with van der Waals surface area (Å²) >= 11 is 3.37. The zero-order valence-corrected chi connectivity index (χ0v) is 15.7. The van der Waals surface area contributed by atoms with E-state index in [0.717, 1.165) is 0 Å². The maximum Gasteiger partial charge on any atom is 0.258 e. The predicted molar refractivity (Wildman–Crippen MR) is 106 cm³/mol. The van der Waals surface area contributed by atoms with Gasteiger partial charge >= 0.3 is 0 Å². The third-order valence-electron chi connectivity index (χ3n) is 4.27. The van der Waals surface area contributed by atoms with Gasteiger partial charge in [0.15, 0.2) is 5.78 Å². The van der Waals surface area contributed by atoms with E-state index in [1.807, 2.05) is 6.07 Å². The molecule has 0 fully saturated rings. The molecule has 0 atom stereocenters. The van der Waals surface area contributed by atoms with E-state index in [1.54, 1.807) is 42.7 Å². The largest absolute Gasteiger partial charge is 0.310 e. The Morgan fingerprint density at radius 3 is 2.41 bits per heavy atom. The molecule has 0 unspecified atom stereocenters. The number of nitrogens with one attached hydrogen (secondary N) is 1. The van der Waals surface area contributed by atoms with Crippen molar-refractivity contribution >= 4 is 32.6 Å². The molecule has 0 aliphatic heterocycles. The Labute approximate surface area is 162 Å². The molecule has 2 heterocycles. The first-order chi connectivity index (χ1) is 13.1. The molecule has 132 valence electrons. The molecule has 0 spiro atoms. The lowest BCUT2D eigenvalue weighted by molar-refractivity contribution is 0.0990. The number of hydrogen-bond acceptors (Lipinski definition) is 4. The maximum atomic E-state index is 12.1. The summed E-state index contributed by atoms with van der Waals surface area (Å²) in [5.74, 6) is 0.265. The summed E-state index contributed by atoms with van der Waals surface area (Å²) in [6.45, 7) is 0. The number of pyridine rings is 1. The van der Waals surface area contributed by atoms with Gasteiger partial charge in [-0.1, -0.05) is 40.2 Å². The number of ketones is 1. The molecular formula is C21H14BrN3O2. The number of fused-ring (bicyclic) bond motifs is 1. The molecule has 1 N–H and O–H groups in total. The number of aromatic nitrogens is 3. The van der Waals surface area contributed by atoms with Crippen LogP contribution in [0, 0.1) is 10.4 Å². The minimum Gasteiger partial charge on any atom is -0.310 e. The number of rotatable bonds is 3. The van der Waals surface area contributed by atoms with Crippen molar-refractivity contribution in [1.29, 1.82) is 0 Å². The van der Waals surface area contributed by atoms with Crippen molar-refractivity contribution in [3.63, 3.8) is 0 Å². The van der Waals surface area contributed by atoms with Crippen molar-refractivity contribution in [2.24, 2.45) is 0 Å². The number of halogens is 1. The van der Waals surface area contributed by atoms with Crippen molar-refractivity contribution < 1.29 is 4.79 Å². The van der Waals surface area contributed by atoms with Crippen molar-refractivity contribution in [3.05, 3.63) is 104 Å². The molecule has 0 bridgehead atoms. The van der Waals surface area contributed by atoms with Crippen LogP contribution in [0.15, 0.2) is 76.3 Å². The highest BCUT2D eigenvalue weighted by Crippen LogP contribution is 2.20. The SMILES string of the molecule is Brc1cc2ccc1=2.O=C(Cc1nc2ccccc2c(=O)[nH]1)c1ccncc1. The van der Waals surface area contributed by atoms with Gasteiger partial charge in [0.1, 0.15) is 5.82 Å². The zero-order chi connectivity index (χ0) is 18.8. The summed E-state index contributed by atoms with van der Waals surface area (Å²) in [6, 6.07) is 16.7. The molecular weight excluding hydrogens is 406 g/mol. The lowest BCUT2D eigenvalue weighted by atomic mass is 10.1. The Kier molecular flexibility index (Phi) is 4.64. The Balaban J connectivity index is 0.000000213. The van der Waals surface area contributed by atoms with Crippen molar-refractivity contribution in [2.75, 3.05) is 0 Å². The van der Waals surface area contributed by atoms with Gasteiger partial charge in [-0.3, -0.25) is 14.6 Å². The highest BCUT2D eigenvalue weighted by molar-refractivity contribution is 9.10. The highest BCUT2D eigenvalue weighted by atomic mass is 79.9. The van der Waals surface area contributed by atoms with Crippen molar-refractivity contribution in [3.8, 4) is 0 Å². The molecule has 5 nitrogen and oxygen atoms in total. The molecule has 3 aromatic rings. The lowest BCUT2D eigenvalue weighted by Crippen LogP contribution is -2.15. The number of aromatic amines is 1. The van der Waals surface area contributed by atoms with Crippen LogP contribution in [0.3, 0.4) is 0 Å². The molecule has 2 aliphatic rings. The summed E-state index contributed by atoms with van der Waals surface area (Å²) in [5, 5.41) is 3.31. The minimum atomic E-state index is -0.229. The fourth-order valence-electron chi connectivity index (χ4n) is 2.75. The van der Waals surface area contributed by atoms with Crippen molar-refractivity contribution in [2.45, 2.75) is 6.42 Å². The first kappa shape index (κ1) is 17.3. The van der Waals surface area contributed by atoms with Crippen LogP contribution >= 0.6 is 15.9 Å². The van der Waals surface area contributed by atoms with Crippen molar-refractivity contribution in [1.82, 2.24) is 15.0 Å². The van der Waals surface area contributed by atoms with Gasteiger partial charge in [-0.2, -0.15) is 0 Å². The molecule has 5 rings (SSSR count). The molecule has 1 aromatic carbocycles. The van der Waals surface area contributed by atoms with Gasteiger partial charge in [0.2, 0.25) is 0 Å². The molecule has 2 aliphatic carbocycles. The van der Waals surface area contributed by atoms with Gasteiger partial charge in [0.25, 0.3) is 5.56 Å². The van der Waals surface area contributed by atoms with Crippen LogP contribution in [0.2, 0.25) is 0 Å². The van der Waals surface area contributed by atoms with Crippen LogP contribution < -0.4 is 5.56 Å². The molecule has 0 saturated carbocycles. The van der Waals surface area contributed by atoms with Crippen LogP contribution in [-0.2, 0) is 6.42 Å². The first-order valence-electron chi connectivity index (χ1n) is 8.33. The zero-order valence-electron chi connectivity index (χ0n) is 14.1. The second-order valence-electron chi connectivity index (χ2n) is 6.06. The van der Waals surface area contributed by atoms with E-state index in [4.69, 9.17) is 0 Å². The highest BCUT2D eigenvalue weighted by Gasteiger charge is 2.10. The quantitative estimate of drug-likeness (QED) is 0.451. The number of para-hydroxylation sites is 1. The molecule has 6 heteroatoms. The van der Waals surface area contributed by atoms with Gasteiger partial charge in [-0.15, -0.1) is 0 Å². The monoisotopic (exact) mass is 419 g/mol. The van der Waals surface area contributed by atoms with Crippen LogP contribution in [0.1, 0.15) is 16.2 Å². The molecule has 2 aromatic heterocycles. The standard InChI is InChI=1S/C15H11N3O2.C6H3Br/c19-13(10-5-7-16-8-6-10)9-14-17-12-4-2-1-3-11(12)15(20)18-14;7-6-3-4-1-2-5(4)6/h1-8H,9H2,(H,17,18,20);1-3H. The van der Waals surface area contributed by atoms with Gasteiger partial charge in [-0.25, -0.2) is 4.98 Å². The second-order valence-corrected chi connectivity index (χ2v) is 6.91. The van der Waals surface area contributed by atoms with E-state index in [1.165, 1.54) is 14.9 Å². The number of carbonyl (C=O) groups excluding carboxylic acids is 1. The Morgan fingerprint density at radius 2 is 1.81 bits per heavy atom. The molecule has 0 amide bonds. The maximum absolute atomic E-state index is 12.1. The van der Waals surface area contributed by atoms with Gasteiger partial charge < -0.3 is 4.98 Å². The smallest absolute Gasteiger partial charge is 0.258 e. The lowest BCUT2D eigenvalue weighted by Gasteiger charge is -2.02. The van der Waals surface area contributed by atoms with E-state index in [-0.39, 0.29) is 17.8 Å². The van der Waals surface area contributed by atoms with Gasteiger partial charge in [0, 0.05) is 22.4 Å². The Morgan fingerprint density at radius 1 is 1.04 bits per heavy atom. The number of H-pyrrole nitrogens is 1. The van der Waals surface area contributed by atoms with Crippen LogP contribution in [0.5, 0.6) is 0 Å². The molecule has 0 saturated heterocycles. The summed E-state index contributed by atoms with van der Waals surface area (Å²) < 4.78 is 1.25. The Bertz CT molecular complexity index is 1300. The van der Waals surface area contributed by atoms with E-state index in [0.29, 0.717) is 22.3 Å². The summed E-state index contributed by atoms with van der Waals surface area (Å²) in [7, 11) is 0. The number of nitrogens with zero attached hydrogens (tertiary/aromatic N) is 2. The third-order valence-corrected chi connectivity index (χ3v) is 4.93. The molecule has 0 radical (unpaired) electrons.